The molecule has 0 bridgehead atoms. The van der Waals surface area contributed by atoms with Gasteiger partial charge in [-0.1, -0.05) is 19.3 Å². The van der Waals surface area contributed by atoms with E-state index in [2.05, 4.69) is 17.1 Å². The van der Waals surface area contributed by atoms with Crippen LogP contribution >= 0.6 is 11.8 Å². The highest BCUT2D eigenvalue weighted by molar-refractivity contribution is 7.99. The summed E-state index contributed by atoms with van der Waals surface area (Å²) in [6.45, 7) is 1.97. The van der Waals surface area contributed by atoms with Gasteiger partial charge in [-0.2, -0.15) is 11.8 Å². The van der Waals surface area contributed by atoms with Gasteiger partial charge in [0.1, 0.15) is 0 Å². The Morgan fingerprint density at radius 2 is 1.95 bits per heavy atom. The molecule has 0 aromatic carbocycles. The number of primary amides is 1. The van der Waals surface area contributed by atoms with E-state index in [1.54, 1.807) is 0 Å². The van der Waals surface area contributed by atoms with Crippen LogP contribution in [-0.4, -0.2) is 29.0 Å². The second-order valence-electron chi connectivity index (χ2n) is 6.80. The van der Waals surface area contributed by atoms with Crippen LogP contribution in [0.3, 0.4) is 0 Å². The van der Waals surface area contributed by atoms with Gasteiger partial charge in [0.05, 0.1) is 5.54 Å². The second kappa shape index (κ2) is 7.69. The van der Waals surface area contributed by atoms with E-state index in [1.807, 2.05) is 6.92 Å². The molecule has 0 heterocycles. The van der Waals surface area contributed by atoms with Crippen molar-refractivity contribution in [3.63, 3.8) is 0 Å². The Bertz CT molecular complexity index is 314. The van der Waals surface area contributed by atoms with Gasteiger partial charge < -0.3 is 11.1 Å². The number of hydrogen-bond acceptors (Lipinski definition) is 3. The van der Waals surface area contributed by atoms with E-state index < -0.39 is 5.54 Å². The highest BCUT2D eigenvalue weighted by Crippen LogP contribution is 2.29. The first kappa shape index (κ1) is 16.2. The first-order chi connectivity index (χ1) is 9.60. The zero-order valence-electron chi connectivity index (χ0n) is 12.8. The van der Waals surface area contributed by atoms with E-state index in [-0.39, 0.29) is 5.91 Å². The molecular formula is C16H30N2OS. The summed E-state index contributed by atoms with van der Waals surface area (Å²) in [5, 5.41) is 3.42. The monoisotopic (exact) mass is 298 g/mol. The van der Waals surface area contributed by atoms with E-state index in [0.717, 1.165) is 18.8 Å². The second-order valence-corrected chi connectivity index (χ2v) is 7.95. The average molecular weight is 298 g/mol. The summed E-state index contributed by atoms with van der Waals surface area (Å²) in [6, 6.07) is 0.532. The average Bonchev–Trinajstić information content (AvgIpc) is 3.05. The fourth-order valence-electron chi connectivity index (χ4n) is 3.05. The lowest BCUT2D eigenvalue weighted by Crippen LogP contribution is -2.53. The van der Waals surface area contributed by atoms with Crippen molar-refractivity contribution in [1.29, 1.82) is 0 Å². The summed E-state index contributed by atoms with van der Waals surface area (Å²) in [5.41, 5.74) is 5.08. The normalized spacial score (nSPS) is 22.9. The molecule has 3 nitrogen and oxygen atoms in total. The molecular weight excluding hydrogens is 268 g/mol. The Morgan fingerprint density at radius 3 is 2.55 bits per heavy atom. The topological polar surface area (TPSA) is 55.1 Å². The van der Waals surface area contributed by atoms with Gasteiger partial charge in [-0.15, -0.1) is 0 Å². The molecule has 1 amide bonds. The molecule has 2 fully saturated rings. The van der Waals surface area contributed by atoms with Gasteiger partial charge in [-0.3, -0.25) is 4.79 Å². The number of unbranched alkanes of at least 4 members (excludes halogenated alkanes) is 1. The first-order valence-electron chi connectivity index (χ1n) is 8.25. The lowest BCUT2D eigenvalue weighted by Gasteiger charge is -2.27. The number of thioether (sulfide) groups is 1. The smallest absolute Gasteiger partial charge is 0.237 e. The summed E-state index contributed by atoms with van der Waals surface area (Å²) >= 11 is 2.10. The van der Waals surface area contributed by atoms with Gasteiger partial charge in [-0.25, -0.2) is 0 Å². The summed E-state index contributed by atoms with van der Waals surface area (Å²) in [4.78, 5) is 11.6. The van der Waals surface area contributed by atoms with E-state index in [4.69, 9.17) is 5.73 Å². The van der Waals surface area contributed by atoms with Crippen LogP contribution in [0.5, 0.6) is 0 Å². The van der Waals surface area contributed by atoms with Crippen molar-refractivity contribution in [2.24, 2.45) is 11.7 Å². The van der Waals surface area contributed by atoms with Crippen LogP contribution in [0.4, 0.5) is 0 Å². The molecule has 20 heavy (non-hydrogen) atoms. The molecule has 1 atom stereocenters. The summed E-state index contributed by atoms with van der Waals surface area (Å²) in [6.07, 6.45) is 11.3. The molecule has 4 heteroatoms. The summed E-state index contributed by atoms with van der Waals surface area (Å²) < 4.78 is 0. The molecule has 0 aromatic rings. The van der Waals surface area contributed by atoms with Gasteiger partial charge in [0.25, 0.3) is 0 Å². The van der Waals surface area contributed by atoms with Crippen LogP contribution in [-0.2, 0) is 4.79 Å². The number of amides is 1. The van der Waals surface area contributed by atoms with Crippen molar-refractivity contribution < 1.29 is 4.79 Å². The van der Waals surface area contributed by atoms with Gasteiger partial charge in [0.2, 0.25) is 5.91 Å². The zero-order chi connectivity index (χ0) is 14.4. The Morgan fingerprint density at radius 1 is 1.25 bits per heavy atom. The van der Waals surface area contributed by atoms with Crippen molar-refractivity contribution in [3.8, 4) is 0 Å². The number of carbonyl (C=O) groups excluding carboxylic acids is 1. The predicted octanol–water partition coefficient (Wildman–Crippen LogP) is 3.08. The molecule has 2 aliphatic rings. The molecule has 0 spiro atoms. The lowest BCUT2D eigenvalue weighted by atomic mass is 9.94. The van der Waals surface area contributed by atoms with Crippen LogP contribution in [0, 0.1) is 5.92 Å². The van der Waals surface area contributed by atoms with E-state index in [0.29, 0.717) is 6.04 Å². The molecule has 0 radical (unpaired) electrons. The Balaban J connectivity index is 1.54. The highest BCUT2D eigenvalue weighted by Gasteiger charge is 2.36. The highest BCUT2D eigenvalue weighted by atomic mass is 32.2. The number of rotatable bonds is 10. The van der Waals surface area contributed by atoms with Crippen LogP contribution < -0.4 is 11.1 Å². The van der Waals surface area contributed by atoms with E-state index in [9.17, 15) is 4.79 Å². The standard InChI is InChI=1S/C16H30N2OS/c1-16(15(17)19,18-14-8-9-14)10-4-5-11-20-12-13-6-2-3-7-13/h13-14,18H,2-12H2,1H3,(H2,17,19). The predicted molar refractivity (Wildman–Crippen MR) is 86.9 cm³/mol. The Kier molecular flexibility index (Phi) is 6.21. The third kappa shape index (κ3) is 5.28. The molecule has 3 N–H and O–H groups in total. The minimum absolute atomic E-state index is 0.192. The molecule has 116 valence electrons. The van der Waals surface area contributed by atoms with Gasteiger partial charge in [0.15, 0.2) is 0 Å². The third-order valence-electron chi connectivity index (χ3n) is 4.69. The largest absolute Gasteiger partial charge is 0.368 e. The number of nitrogens with one attached hydrogen (secondary N) is 1. The van der Waals surface area contributed by atoms with Crippen molar-refractivity contribution in [3.05, 3.63) is 0 Å². The SMILES string of the molecule is CC(CCCCSCC1CCCC1)(NC1CC1)C(N)=O. The van der Waals surface area contributed by atoms with Gasteiger partial charge >= 0.3 is 0 Å². The maximum atomic E-state index is 11.6. The molecule has 0 aromatic heterocycles. The van der Waals surface area contributed by atoms with Crippen molar-refractivity contribution in [2.75, 3.05) is 11.5 Å². The van der Waals surface area contributed by atoms with E-state index >= 15 is 0 Å². The third-order valence-corrected chi connectivity index (χ3v) is 5.97. The molecule has 0 aliphatic heterocycles. The first-order valence-corrected chi connectivity index (χ1v) is 9.41. The van der Waals surface area contributed by atoms with E-state index in [1.165, 1.54) is 56.5 Å². The Hall–Kier alpha value is -0.220. The van der Waals surface area contributed by atoms with Gasteiger partial charge in [-0.05, 0) is 62.9 Å². The van der Waals surface area contributed by atoms with Crippen LogP contribution in [0.15, 0.2) is 0 Å². The van der Waals surface area contributed by atoms with Crippen LogP contribution in [0.1, 0.15) is 64.7 Å². The maximum Gasteiger partial charge on any atom is 0.237 e. The minimum Gasteiger partial charge on any atom is -0.368 e. The number of nitrogens with two attached hydrogens (primary N) is 1. The fraction of sp³-hybridized carbons (Fsp3) is 0.938. The number of hydrogen-bond donors (Lipinski definition) is 2. The molecule has 2 saturated carbocycles. The molecule has 0 saturated heterocycles. The fourth-order valence-corrected chi connectivity index (χ4v) is 4.30. The van der Waals surface area contributed by atoms with Crippen molar-refractivity contribution in [2.45, 2.75) is 76.3 Å². The van der Waals surface area contributed by atoms with Crippen LogP contribution in [0.2, 0.25) is 0 Å². The zero-order valence-corrected chi connectivity index (χ0v) is 13.6. The molecule has 2 aliphatic carbocycles. The summed E-state index contributed by atoms with van der Waals surface area (Å²) in [5.74, 6) is 3.36. The van der Waals surface area contributed by atoms with Crippen molar-refractivity contribution >= 4 is 17.7 Å². The molecule has 2 rings (SSSR count). The quantitative estimate of drug-likeness (QED) is 0.609. The Labute approximate surface area is 127 Å². The summed E-state index contributed by atoms with van der Waals surface area (Å²) in [7, 11) is 0. The van der Waals surface area contributed by atoms with Crippen LogP contribution in [0.25, 0.3) is 0 Å². The van der Waals surface area contributed by atoms with Crippen molar-refractivity contribution in [1.82, 2.24) is 5.32 Å². The lowest BCUT2D eigenvalue weighted by molar-refractivity contribution is -0.124. The molecule has 1 unspecified atom stereocenters. The maximum absolute atomic E-state index is 11.6. The minimum atomic E-state index is -0.489. The van der Waals surface area contributed by atoms with Gasteiger partial charge in [0, 0.05) is 6.04 Å². The number of carbonyl (C=O) groups is 1.